The second-order valence-electron chi connectivity index (χ2n) is 12.1. The molecule has 2 N–H and O–H groups in total. The van der Waals surface area contributed by atoms with Gasteiger partial charge in [-0.15, -0.1) is 0 Å². The maximum atomic E-state index is 12.9. The highest BCUT2D eigenvalue weighted by Gasteiger charge is 2.26. The second kappa shape index (κ2) is 12.0. The lowest BCUT2D eigenvalue weighted by atomic mass is 10.0. The van der Waals surface area contributed by atoms with E-state index in [0.29, 0.717) is 37.6 Å². The van der Waals surface area contributed by atoms with Crippen molar-refractivity contribution in [2.75, 3.05) is 26.7 Å². The number of H-pyrrole nitrogens is 1. The molecule has 1 aliphatic rings. The average Bonchev–Trinajstić information content (AvgIpc) is 3.19. The molecule has 2 atom stereocenters. The summed E-state index contributed by atoms with van der Waals surface area (Å²) in [6, 6.07) is 7.71. The molecule has 9 heteroatoms. The summed E-state index contributed by atoms with van der Waals surface area (Å²) in [4.78, 5) is 35.0. The fourth-order valence-electron chi connectivity index (χ4n) is 4.95. The Hall–Kier alpha value is -3.01. The number of carbonyl (C=O) groups is 1. The van der Waals surface area contributed by atoms with Gasteiger partial charge in [0.1, 0.15) is 17.5 Å². The number of aromatic amines is 1. The predicted molar refractivity (Wildman–Crippen MR) is 154 cm³/mol. The zero-order valence-electron chi connectivity index (χ0n) is 24.3. The fraction of sp³-hybridized carbons (Fsp3) is 0.567. The van der Waals surface area contributed by atoms with Crippen LogP contribution < -0.4 is 10.9 Å². The van der Waals surface area contributed by atoms with Gasteiger partial charge in [0, 0.05) is 37.0 Å². The fourth-order valence-corrected chi connectivity index (χ4v) is 4.95. The first-order chi connectivity index (χ1) is 18.4. The number of esters is 1. The summed E-state index contributed by atoms with van der Waals surface area (Å²) in [5, 5.41) is 3.42. The van der Waals surface area contributed by atoms with Crippen molar-refractivity contribution in [1.82, 2.24) is 24.8 Å². The van der Waals surface area contributed by atoms with E-state index in [4.69, 9.17) is 14.5 Å². The molecular weight excluding hydrogens is 494 g/mol. The lowest BCUT2D eigenvalue weighted by molar-refractivity contribution is -0.158. The van der Waals surface area contributed by atoms with Crippen molar-refractivity contribution in [3.8, 4) is 11.4 Å². The molecule has 4 rings (SSSR count). The highest BCUT2D eigenvalue weighted by Crippen LogP contribution is 2.27. The van der Waals surface area contributed by atoms with Gasteiger partial charge in [-0.2, -0.15) is 0 Å². The summed E-state index contributed by atoms with van der Waals surface area (Å²) in [6.45, 7) is 15.3. The van der Waals surface area contributed by atoms with Crippen LogP contribution in [0.4, 0.5) is 0 Å². The van der Waals surface area contributed by atoms with Gasteiger partial charge in [-0.05, 0) is 70.8 Å². The Bertz CT molecular complexity index is 1350. The number of pyridine rings is 1. The van der Waals surface area contributed by atoms with Crippen LogP contribution in [-0.4, -0.2) is 69.9 Å². The molecule has 1 fully saturated rings. The normalized spacial score (nSPS) is 17.6. The van der Waals surface area contributed by atoms with Gasteiger partial charge >= 0.3 is 5.97 Å². The predicted octanol–water partition coefficient (Wildman–Crippen LogP) is 3.88. The first-order valence-corrected chi connectivity index (χ1v) is 13.8. The maximum absolute atomic E-state index is 12.9. The van der Waals surface area contributed by atoms with Gasteiger partial charge in [-0.3, -0.25) is 9.59 Å². The Morgan fingerprint density at radius 1 is 1.28 bits per heavy atom. The van der Waals surface area contributed by atoms with Crippen molar-refractivity contribution in [2.24, 2.45) is 5.92 Å². The van der Waals surface area contributed by atoms with E-state index in [1.807, 2.05) is 26.8 Å². The minimum absolute atomic E-state index is 0.0377. The van der Waals surface area contributed by atoms with Gasteiger partial charge in [-0.1, -0.05) is 19.9 Å². The number of morpholine rings is 1. The molecule has 9 nitrogen and oxygen atoms in total. The van der Waals surface area contributed by atoms with Gasteiger partial charge in [0.2, 0.25) is 0 Å². The van der Waals surface area contributed by atoms with Crippen molar-refractivity contribution in [3.63, 3.8) is 0 Å². The summed E-state index contributed by atoms with van der Waals surface area (Å²) in [5.41, 5.74) is 3.75. The lowest BCUT2D eigenvalue weighted by Crippen LogP contribution is -2.42. The number of nitrogens with zero attached hydrogens (tertiary/aromatic N) is 3. The van der Waals surface area contributed by atoms with Crippen molar-refractivity contribution in [1.29, 1.82) is 0 Å². The number of imidazole rings is 1. The van der Waals surface area contributed by atoms with Gasteiger partial charge in [0.25, 0.3) is 5.56 Å². The van der Waals surface area contributed by atoms with E-state index < -0.39 is 11.6 Å². The van der Waals surface area contributed by atoms with E-state index in [-0.39, 0.29) is 17.6 Å². The number of aryl methyl sites for hydroxylation is 1. The van der Waals surface area contributed by atoms with Crippen LogP contribution in [0.3, 0.4) is 0 Å². The Balaban J connectivity index is 1.63. The van der Waals surface area contributed by atoms with Crippen LogP contribution in [0.2, 0.25) is 0 Å². The number of ether oxygens (including phenoxy) is 2. The molecule has 0 spiro atoms. The molecule has 0 bridgehead atoms. The van der Waals surface area contributed by atoms with Crippen LogP contribution in [0, 0.1) is 12.8 Å². The van der Waals surface area contributed by atoms with Crippen molar-refractivity contribution < 1.29 is 14.3 Å². The molecule has 0 amide bonds. The average molecular weight is 538 g/mol. The van der Waals surface area contributed by atoms with Crippen molar-refractivity contribution in [2.45, 2.75) is 78.8 Å². The minimum Gasteiger partial charge on any atom is -0.459 e. The summed E-state index contributed by atoms with van der Waals surface area (Å²) in [6.07, 6.45) is 2.45. The van der Waals surface area contributed by atoms with E-state index in [0.717, 1.165) is 41.1 Å². The molecule has 1 aliphatic heterocycles. The van der Waals surface area contributed by atoms with E-state index >= 15 is 0 Å². The number of benzene rings is 1. The minimum atomic E-state index is -0.535. The van der Waals surface area contributed by atoms with Gasteiger partial charge in [0.05, 0.1) is 30.3 Å². The molecule has 0 unspecified atom stereocenters. The number of carbonyl (C=O) groups excluding carboxylic acids is 1. The molecule has 0 radical (unpaired) electrons. The first kappa shape index (κ1) is 29.0. The second-order valence-corrected chi connectivity index (χ2v) is 12.1. The Morgan fingerprint density at radius 3 is 2.72 bits per heavy atom. The molecule has 2 aromatic heterocycles. The standard InChI is InChI=1S/C30H43N5O4/c1-19(2)12-25(29(37)39-30(4,5)6)31-15-21-8-9-26-24(14-21)33-27(22-13-20(3)28(36)32-16-22)35(26)18-23-17-34(7)10-11-38-23/h8-9,13-14,16,19,23,25,31H,10-12,15,17-18H2,1-7H3,(H,32,36)/t23-,25-/m0/s1. The van der Waals surface area contributed by atoms with E-state index in [1.54, 1.807) is 13.1 Å². The first-order valence-electron chi connectivity index (χ1n) is 13.8. The van der Waals surface area contributed by atoms with Crippen LogP contribution in [0.25, 0.3) is 22.4 Å². The molecular formula is C30H43N5O4. The molecule has 1 saturated heterocycles. The van der Waals surface area contributed by atoms with Crippen LogP contribution in [0.1, 0.15) is 52.2 Å². The Kier molecular flexibility index (Phi) is 8.93. The number of fused-ring (bicyclic) bond motifs is 1. The summed E-state index contributed by atoms with van der Waals surface area (Å²) in [7, 11) is 2.11. The molecule has 3 aromatic rings. The van der Waals surface area contributed by atoms with Gasteiger partial charge < -0.3 is 29.2 Å². The summed E-state index contributed by atoms with van der Waals surface area (Å²) >= 11 is 0. The third-order valence-corrected chi connectivity index (χ3v) is 6.84. The number of likely N-dealkylation sites (N-methyl/N-ethyl adjacent to an activating group) is 1. The zero-order valence-corrected chi connectivity index (χ0v) is 24.3. The van der Waals surface area contributed by atoms with Gasteiger partial charge in [-0.25, -0.2) is 4.98 Å². The molecule has 0 aliphatic carbocycles. The summed E-state index contributed by atoms with van der Waals surface area (Å²) in [5.74, 6) is 0.907. The SMILES string of the molecule is Cc1cc(-c2nc3cc(CN[C@@H](CC(C)C)C(=O)OC(C)(C)C)ccc3n2C[C@@H]2CN(C)CCO2)c[nH]c1=O. The molecule has 3 heterocycles. The largest absolute Gasteiger partial charge is 0.459 e. The maximum Gasteiger partial charge on any atom is 0.323 e. The Labute approximate surface area is 230 Å². The molecule has 0 saturated carbocycles. The topological polar surface area (TPSA) is 101 Å². The van der Waals surface area contributed by atoms with E-state index in [1.165, 1.54) is 0 Å². The highest BCUT2D eigenvalue weighted by atomic mass is 16.6. The number of nitrogens with one attached hydrogen (secondary N) is 2. The third-order valence-electron chi connectivity index (χ3n) is 6.84. The van der Waals surface area contributed by atoms with Gasteiger partial charge in [0.15, 0.2) is 0 Å². The smallest absolute Gasteiger partial charge is 0.323 e. The van der Waals surface area contributed by atoms with Crippen molar-refractivity contribution in [3.05, 3.63) is 51.9 Å². The van der Waals surface area contributed by atoms with E-state index in [9.17, 15) is 9.59 Å². The lowest BCUT2D eigenvalue weighted by Gasteiger charge is -2.30. The van der Waals surface area contributed by atoms with Crippen LogP contribution >= 0.6 is 0 Å². The molecule has 1 aromatic carbocycles. The monoisotopic (exact) mass is 537 g/mol. The molecule has 39 heavy (non-hydrogen) atoms. The van der Waals surface area contributed by atoms with Crippen molar-refractivity contribution >= 4 is 17.0 Å². The molecule has 212 valence electrons. The number of hydrogen-bond acceptors (Lipinski definition) is 7. The van der Waals surface area contributed by atoms with Crippen LogP contribution in [0.15, 0.2) is 35.3 Å². The van der Waals surface area contributed by atoms with Crippen LogP contribution in [0.5, 0.6) is 0 Å². The number of aromatic nitrogens is 3. The third kappa shape index (κ3) is 7.56. The Morgan fingerprint density at radius 2 is 2.05 bits per heavy atom. The zero-order chi connectivity index (χ0) is 28.3. The van der Waals surface area contributed by atoms with E-state index in [2.05, 4.69) is 58.9 Å². The highest BCUT2D eigenvalue weighted by molar-refractivity contribution is 5.81. The quantitative estimate of drug-likeness (QED) is 0.400. The number of rotatable bonds is 9. The summed E-state index contributed by atoms with van der Waals surface area (Å²) < 4.78 is 13.9. The number of hydrogen-bond donors (Lipinski definition) is 2. The van der Waals surface area contributed by atoms with Crippen LogP contribution in [-0.2, 0) is 27.4 Å².